The zero-order chi connectivity index (χ0) is 23.8. The first-order chi connectivity index (χ1) is 15.9. The highest BCUT2D eigenvalue weighted by atomic mass is 35.5. The number of ether oxygens (including phenoxy) is 1. The van der Waals surface area contributed by atoms with Gasteiger partial charge in [-0.2, -0.15) is 5.10 Å². The zero-order valence-electron chi connectivity index (χ0n) is 17.6. The molecule has 0 aliphatic rings. The molecule has 0 aliphatic heterocycles. The van der Waals surface area contributed by atoms with Gasteiger partial charge in [-0.25, -0.2) is 5.43 Å². The highest BCUT2D eigenvalue weighted by Gasteiger charge is 2.09. The number of amides is 2. The van der Waals surface area contributed by atoms with Crippen LogP contribution in [0.15, 0.2) is 65.8 Å². The molecule has 0 saturated heterocycles. The number of nitrogens with one attached hydrogen (secondary N) is 2. The molecular formula is C24H21Cl2N3O4. The molecule has 0 bridgehead atoms. The van der Waals surface area contributed by atoms with E-state index in [9.17, 15) is 14.7 Å². The quantitative estimate of drug-likeness (QED) is 0.307. The Kier molecular flexibility index (Phi) is 8.29. The van der Waals surface area contributed by atoms with Crippen molar-refractivity contribution >= 4 is 46.9 Å². The van der Waals surface area contributed by atoms with E-state index < -0.39 is 5.91 Å². The molecule has 7 nitrogen and oxygen atoms in total. The Morgan fingerprint density at radius 2 is 1.82 bits per heavy atom. The van der Waals surface area contributed by atoms with Gasteiger partial charge in [0, 0.05) is 34.3 Å². The third-order valence-corrected chi connectivity index (χ3v) is 5.21. The number of aryl methyl sites for hydroxylation is 1. The van der Waals surface area contributed by atoms with E-state index in [-0.39, 0.29) is 22.2 Å². The molecule has 3 aromatic carbocycles. The van der Waals surface area contributed by atoms with Crippen molar-refractivity contribution in [3.63, 3.8) is 0 Å². The Morgan fingerprint density at radius 1 is 1.06 bits per heavy atom. The number of benzene rings is 3. The minimum atomic E-state index is -0.489. The van der Waals surface area contributed by atoms with Gasteiger partial charge in [0.05, 0.1) is 18.3 Å². The van der Waals surface area contributed by atoms with Crippen LogP contribution in [-0.2, 0) is 11.2 Å². The van der Waals surface area contributed by atoms with Crippen molar-refractivity contribution in [2.75, 3.05) is 12.4 Å². The van der Waals surface area contributed by atoms with Crippen molar-refractivity contribution in [3.05, 3.63) is 87.4 Å². The third-order valence-electron chi connectivity index (χ3n) is 4.65. The number of halogens is 2. The topological polar surface area (TPSA) is 100 Å². The van der Waals surface area contributed by atoms with Crippen LogP contribution in [0.1, 0.15) is 27.9 Å². The standard InChI is InChI=1S/C24H21Cl2N3O4/c1-33-22-13-19(28-23(31)11-4-15-2-7-18(25)8-3-15)9-5-17(22)14-27-29-24(32)16-6-10-21(30)20(26)12-16/h2-3,5-10,12-14,30H,4,11H2,1H3,(H,28,31)(H,29,32)/b27-14+. The highest BCUT2D eigenvalue weighted by molar-refractivity contribution is 6.32. The normalized spacial score (nSPS) is 10.8. The SMILES string of the molecule is COc1cc(NC(=O)CCc2ccc(Cl)cc2)ccc1/C=N/NC(=O)c1ccc(O)c(Cl)c1. The molecule has 0 atom stereocenters. The summed E-state index contributed by atoms with van der Waals surface area (Å²) in [6, 6.07) is 16.6. The van der Waals surface area contributed by atoms with Crippen molar-refractivity contribution in [2.24, 2.45) is 5.10 Å². The van der Waals surface area contributed by atoms with Crippen LogP contribution in [0.25, 0.3) is 0 Å². The minimum absolute atomic E-state index is 0.0686. The first-order valence-corrected chi connectivity index (χ1v) is 10.7. The number of phenolic OH excluding ortho intramolecular Hbond substituents is 1. The summed E-state index contributed by atoms with van der Waals surface area (Å²) in [6.07, 6.45) is 2.34. The number of aromatic hydroxyl groups is 1. The summed E-state index contributed by atoms with van der Waals surface area (Å²) in [5.74, 6) is -0.264. The smallest absolute Gasteiger partial charge is 0.271 e. The molecule has 0 aromatic heterocycles. The molecule has 3 aromatic rings. The number of carbonyl (C=O) groups is 2. The van der Waals surface area contributed by atoms with E-state index in [2.05, 4.69) is 15.8 Å². The Hall–Kier alpha value is -3.55. The van der Waals surface area contributed by atoms with Gasteiger partial charge in [-0.15, -0.1) is 0 Å². The van der Waals surface area contributed by atoms with Gasteiger partial charge in [0.1, 0.15) is 11.5 Å². The van der Waals surface area contributed by atoms with Crippen LogP contribution in [0.2, 0.25) is 10.0 Å². The maximum absolute atomic E-state index is 12.3. The molecular weight excluding hydrogens is 465 g/mol. The number of nitrogens with zero attached hydrogens (tertiary/aromatic N) is 1. The molecule has 3 N–H and O–H groups in total. The summed E-state index contributed by atoms with van der Waals surface area (Å²) >= 11 is 11.7. The van der Waals surface area contributed by atoms with Crippen LogP contribution in [0.3, 0.4) is 0 Å². The Bertz CT molecular complexity index is 1180. The Balaban J connectivity index is 1.58. The van der Waals surface area contributed by atoms with Crippen molar-refractivity contribution < 1.29 is 19.4 Å². The number of hydrogen-bond donors (Lipinski definition) is 3. The molecule has 0 spiro atoms. The number of hydrazone groups is 1. The second-order valence-electron chi connectivity index (χ2n) is 7.00. The predicted molar refractivity (Wildman–Crippen MR) is 130 cm³/mol. The van der Waals surface area contributed by atoms with E-state index in [0.29, 0.717) is 34.9 Å². The maximum atomic E-state index is 12.3. The van der Waals surface area contributed by atoms with Crippen LogP contribution in [0.5, 0.6) is 11.5 Å². The molecule has 0 saturated carbocycles. The van der Waals surface area contributed by atoms with E-state index >= 15 is 0 Å². The van der Waals surface area contributed by atoms with Crippen molar-refractivity contribution in [3.8, 4) is 11.5 Å². The Labute approximate surface area is 201 Å². The second kappa shape index (κ2) is 11.4. The maximum Gasteiger partial charge on any atom is 0.271 e. The lowest BCUT2D eigenvalue weighted by Crippen LogP contribution is -2.17. The molecule has 0 aliphatic carbocycles. The highest BCUT2D eigenvalue weighted by Crippen LogP contribution is 2.24. The molecule has 170 valence electrons. The number of carbonyl (C=O) groups excluding carboxylic acids is 2. The molecule has 3 rings (SSSR count). The minimum Gasteiger partial charge on any atom is -0.506 e. The van der Waals surface area contributed by atoms with Gasteiger partial charge in [-0.05, 0) is 54.4 Å². The molecule has 0 radical (unpaired) electrons. The van der Waals surface area contributed by atoms with E-state index in [0.717, 1.165) is 5.56 Å². The molecule has 0 heterocycles. The summed E-state index contributed by atoms with van der Waals surface area (Å²) < 4.78 is 5.37. The van der Waals surface area contributed by atoms with Crippen LogP contribution < -0.4 is 15.5 Å². The van der Waals surface area contributed by atoms with Gasteiger partial charge < -0.3 is 15.2 Å². The summed E-state index contributed by atoms with van der Waals surface area (Å²) in [5.41, 5.74) is 4.83. The van der Waals surface area contributed by atoms with Gasteiger partial charge in [0.15, 0.2) is 0 Å². The first kappa shape index (κ1) is 24.1. The summed E-state index contributed by atoms with van der Waals surface area (Å²) in [5, 5.41) is 16.9. The summed E-state index contributed by atoms with van der Waals surface area (Å²) in [7, 11) is 1.50. The average molecular weight is 486 g/mol. The monoisotopic (exact) mass is 485 g/mol. The van der Waals surface area contributed by atoms with Crippen LogP contribution in [0, 0.1) is 0 Å². The second-order valence-corrected chi connectivity index (χ2v) is 7.84. The van der Waals surface area contributed by atoms with Crippen LogP contribution in [0.4, 0.5) is 5.69 Å². The Morgan fingerprint density at radius 3 is 2.52 bits per heavy atom. The van der Waals surface area contributed by atoms with Crippen molar-refractivity contribution in [1.82, 2.24) is 5.43 Å². The van der Waals surface area contributed by atoms with Gasteiger partial charge in [-0.3, -0.25) is 9.59 Å². The van der Waals surface area contributed by atoms with E-state index in [1.54, 1.807) is 30.3 Å². The lowest BCUT2D eigenvalue weighted by atomic mass is 10.1. The van der Waals surface area contributed by atoms with Gasteiger partial charge in [0.2, 0.25) is 5.91 Å². The van der Waals surface area contributed by atoms with E-state index in [4.69, 9.17) is 27.9 Å². The molecule has 33 heavy (non-hydrogen) atoms. The number of anilines is 1. The molecule has 0 fully saturated rings. The third kappa shape index (κ3) is 6.97. The first-order valence-electron chi connectivity index (χ1n) is 9.90. The number of rotatable bonds is 8. The van der Waals surface area contributed by atoms with E-state index in [1.165, 1.54) is 31.5 Å². The van der Waals surface area contributed by atoms with Gasteiger partial charge in [0.25, 0.3) is 5.91 Å². The lowest BCUT2D eigenvalue weighted by molar-refractivity contribution is -0.116. The fourth-order valence-electron chi connectivity index (χ4n) is 2.90. The van der Waals surface area contributed by atoms with E-state index in [1.807, 2.05) is 12.1 Å². The molecule has 9 heteroatoms. The van der Waals surface area contributed by atoms with Crippen LogP contribution >= 0.6 is 23.2 Å². The number of methoxy groups -OCH3 is 1. The fourth-order valence-corrected chi connectivity index (χ4v) is 3.21. The predicted octanol–water partition coefficient (Wildman–Crippen LogP) is 5.04. The van der Waals surface area contributed by atoms with Gasteiger partial charge in [-0.1, -0.05) is 35.3 Å². The summed E-state index contributed by atoms with van der Waals surface area (Å²) in [4.78, 5) is 24.4. The average Bonchev–Trinajstić information content (AvgIpc) is 2.81. The van der Waals surface area contributed by atoms with Crippen molar-refractivity contribution in [2.45, 2.75) is 12.8 Å². The molecule has 2 amide bonds. The summed E-state index contributed by atoms with van der Waals surface area (Å²) in [6.45, 7) is 0. The lowest BCUT2D eigenvalue weighted by Gasteiger charge is -2.10. The number of phenols is 1. The molecule has 0 unspecified atom stereocenters. The number of hydrogen-bond acceptors (Lipinski definition) is 5. The van der Waals surface area contributed by atoms with Gasteiger partial charge >= 0.3 is 0 Å². The largest absolute Gasteiger partial charge is 0.506 e. The van der Waals surface area contributed by atoms with Crippen LogP contribution in [-0.4, -0.2) is 30.2 Å². The zero-order valence-corrected chi connectivity index (χ0v) is 19.2. The fraction of sp³-hybridized carbons (Fsp3) is 0.125. The van der Waals surface area contributed by atoms with Crippen molar-refractivity contribution in [1.29, 1.82) is 0 Å².